The van der Waals surface area contributed by atoms with Crippen LogP contribution in [-0.2, 0) is 10.0 Å². The summed E-state index contributed by atoms with van der Waals surface area (Å²) >= 11 is 0. The Morgan fingerprint density at radius 2 is 1.74 bits per heavy atom. The van der Waals surface area contributed by atoms with Crippen LogP contribution in [-0.4, -0.2) is 55.8 Å². The van der Waals surface area contributed by atoms with E-state index in [0.717, 1.165) is 12.8 Å². The Hall–Kier alpha value is -1.44. The van der Waals surface area contributed by atoms with Gasteiger partial charge in [0.05, 0.1) is 4.90 Å². The molecular formula is C16H25N3O3S. The first-order valence-corrected chi connectivity index (χ1v) is 9.30. The monoisotopic (exact) mass is 339 g/mol. The van der Waals surface area contributed by atoms with Gasteiger partial charge in [-0.1, -0.05) is 0 Å². The van der Waals surface area contributed by atoms with E-state index < -0.39 is 10.0 Å². The fourth-order valence-corrected chi connectivity index (χ4v) is 3.87. The summed E-state index contributed by atoms with van der Waals surface area (Å²) in [5, 5.41) is 0. The predicted octanol–water partition coefficient (Wildman–Crippen LogP) is 1.28. The molecule has 1 aromatic carbocycles. The third-order valence-corrected chi connectivity index (χ3v) is 6.38. The van der Waals surface area contributed by atoms with Crippen LogP contribution < -0.4 is 5.73 Å². The molecule has 1 aromatic rings. The Kier molecular flexibility index (Phi) is 5.44. The van der Waals surface area contributed by atoms with Gasteiger partial charge < -0.3 is 10.6 Å². The largest absolute Gasteiger partial charge is 0.339 e. The molecule has 6 nitrogen and oxygen atoms in total. The average molecular weight is 339 g/mol. The summed E-state index contributed by atoms with van der Waals surface area (Å²) in [7, 11) is -1.97. The molecule has 0 saturated carbocycles. The summed E-state index contributed by atoms with van der Waals surface area (Å²) in [6.07, 6.45) is 1.61. The Balaban J connectivity index is 2.15. The van der Waals surface area contributed by atoms with Crippen molar-refractivity contribution in [1.29, 1.82) is 0 Å². The number of nitrogens with zero attached hydrogens (tertiary/aromatic N) is 2. The molecule has 128 valence electrons. The summed E-state index contributed by atoms with van der Waals surface area (Å²) in [5.74, 6) is -0.0712. The lowest BCUT2D eigenvalue weighted by Crippen LogP contribution is -2.42. The van der Waals surface area contributed by atoms with Gasteiger partial charge in [-0.05, 0) is 51.0 Å². The molecule has 2 rings (SSSR count). The maximum Gasteiger partial charge on any atom is 0.253 e. The highest BCUT2D eigenvalue weighted by Crippen LogP contribution is 2.19. The van der Waals surface area contributed by atoms with Gasteiger partial charge in [0.25, 0.3) is 5.91 Å². The molecule has 0 atom stereocenters. The lowest BCUT2D eigenvalue weighted by molar-refractivity contribution is 0.0714. The standard InChI is InChI=1S/C16H25N3O3S/c1-12(2)18(3)23(21,22)15-6-4-13(5-7-15)16(20)19-10-8-14(17)9-11-19/h4-7,12,14H,8-11,17H2,1-3H3. The minimum atomic E-state index is -3.52. The highest BCUT2D eigenvalue weighted by molar-refractivity contribution is 7.89. The van der Waals surface area contributed by atoms with Crippen molar-refractivity contribution in [2.45, 2.75) is 43.7 Å². The van der Waals surface area contributed by atoms with Crippen LogP contribution in [0.25, 0.3) is 0 Å². The van der Waals surface area contributed by atoms with E-state index in [1.54, 1.807) is 24.1 Å². The molecule has 1 fully saturated rings. The van der Waals surface area contributed by atoms with Crippen LogP contribution >= 0.6 is 0 Å². The third kappa shape index (κ3) is 3.91. The van der Waals surface area contributed by atoms with Crippen molar-refractivity contribution in [1.82, 2.24) is 9.21 Å². The van der Waals surface area contributed by atoms with Crippen molar-refractivity contribution >= 4 is 15.9 Å². The first kappa shape index (κ1) is 17.9. The van der Waals surface area contributed by atoms with Crippen LogP contribution in [0, 0.1) is 0 Å². The fraction of sp³-hybridized carbons (Fsp3) is 0.562. The number of hydrogen-bond donors (Lipinski definition) is 1. The zero-order valence-corrected chi connectivity index (χ0v) is 14.7. The highest BCUT2D eigenvalue weighted by Gasteiger charge is 2.25. The minimum Gasteiger partial charge on any atom is -0.339 e. The second kappa shape index (κ2) is 6.98. The van der Waals surface area contributed by atoms with Gasteiger partial charge in [-0.2, -0.15) is 4.31 Å². The average Bonchev–Trinajstić information content (AvgIpc) is 2.54. The number of rotatable bonds is 4. The molecule has 0 aromatic heterocycles. The Morgan fingerprint density at radius 3 is 2.22 bits per heavy atom. The number of nitrogens with two attached hydrogens (primary N) is 1. The van der Waals surface area contributed by atoms with Crippen molar-refractivity contribution in [3.8, 4) is 0 Å². The fourth-order valence-electron chi connectivity index (χ4n) is 2.50. The second-order valence-electron chi connectivity index (χ2n) is 6.27. The SMILES string of the molecule is CC(C)N(C)S(=O)(=O)c1ccc(C(=O)N2CCC(N)CC2)cc1. The van der Waals surface area contributed by atoms with Gasteiger partial charge in [0.15, 0.2) is 0 Å². The van der Waals surface area contributed by atoms with Gasteiger partial charge >= 0.3 is 0 Å². The van der Waals surface area contributed by atoms with Gasteiger partial charge in [-0.15, -0.1) is 0 Å². The van der Waals surface area contributed by atoms with E-state index in [9.17, 15) is 13.2 Å². The van der Waals surface area contributed by atoms with Gasteiger partial charge in [-0.3, -0.25) is 4.79 Å². The summed E-state index contributed by atoms with van der Waals surface area (Å²) in [4.78, 5) is 14.4. The van der Waals surface area contributed by atoms with Crippen LogP contribution in [0.15, 0.2) is 29.2 Å². The van der Waals surface area contributed by atoms with E-state index in [-0.39, 0.29) is 22.9 Å². The molecule has 1 aliphatic heterocycles. The normalized spacial score (nSPS) is 17.0. The lowest BCUT2D eigenvalue weighted by Gasteiger charge is -2.30. The Bertz CT molecular complexity index is 648. The van der Waals surface area contributed by atoms with E-state index in [1.807, 2.05) is 13.8 Å². The number of carbonyl (C=O) groups is 1. The molecule has 1 aliphatic rings. The second-order valence-corrected chi connectivity index (χ2v) is 8.27. The molecule has 7 heteroatoms. The molecule has 2 N–H and O–H groups in total. The molecule has 0 unspecified atom stereocenters. The van der Waals surface area contributed by atoms with Crippen molar-refractivity contribution < 1.29 is 13.2 Å². The van der Waals surface area contributed by atoms with Crippen LogP contribution in [0.1, 0.15) is 37.0 Å². The zero-order valence-electron chi connectivity index (χ0n) is 13.9. The first-order chi connectivity index (χ1) is 10.7. The van der Waals surface area contributed by atoms with E-state index in [2.05, 4.69) is 0 Å². The molecular weight excluding hydrogens is 314 g/mol. The van der Waals surface area contributed by atoms with Gasteiger partial charge in [0, 0.05) is 37.8 Å². The number of piperidine rings is 1. The molecule has 0 radical (unpaired) electrons. The number of carbonyl (C=O) groups excluding carboxylic acids is 1. The number of sulfonamides is 1. The van der Waals surface area contributed by atoms with Crippen molar-refractivity contribution in [3.63, 3.8) is 0 Å². The van der Waals surface area contributed by atoms with Gasteiger partial charge in [-0.25, -0.2) is 8.42 Å². The van der Waals surface area contributed by atoms with E-state index >= 15 is 0 Å². The molecule has 1 heterocycles. The number of likely N-dealkylation sites (tertiary alicyclic amines) is 1. The maximum atomic E-state index is 12.4. The quantitative estimate of drug-likeness (QED) is 0.895. The van der Waals surface area contributed by atoms with Crippen LogP contribution in [0.3, 0.4) is 0 Å². The predicted molar refractivity (Wildman–Crippen MR) is 89.6 cm³/mol. The summed E-state index contributed by atoms with van der Waals surface area (Å²) in [5.41, 5.74) is 6.35. The lowest BCUT2D eigenvalue weighted by atomic mass is 10.1. The van der Waals surface area contributed by atoms with E-state index in [4.69, 9.17) is 5.73 Å². The highest BCUT2D eigenvalue weighted by atomic mass is 32.2. The zero-order chi connectivity index (χ0) is 17.2. The van der Waals surface area contributed by atoms with Crippen molar-refractivity contribution in [3.05, 3.63) is 29.8 Å². The van der Waals surface area contributed by atoms with Crippen molar-refractivity contribution in [2.24, 2.45) is 5.73 Å². The Labute approximate surface area is 138 Å². The Morgan fingerprint density at radius 1 is 1.22 bits per heavy atom. The molecule has 1 saturated heterocycles. The minimum absolute atomic E-state index is 0.0712. The van der Waals surface area contributed by atoms with Crippen LogP contribution in [0.4, 0.5) is 0 Å². The summed E-state index contributed by atoms with van der Waals surface area (Å²) < 4.78 is 26.1. The van der Waals surface area contributed by atoms with Crippen LogP contribution in [0.5, 0.6) is 0 Å². The topological polar surface area (TPSA) is 83.7 Å². The number of hydrogen-bond acceptors (Lipinski definition) is 4. The number of amides is 1. The molecule has 0 bridgehead atoms. The smallest absolute Gasteiger partial charge is 0.253 e. The maximum absolute atomic E-state index is 12.4. The molecule has 23 heavy (non-hydrogen) atoms. The van der Waals surface area contributed by atoms with Gasteiger partial charge in [0.2, 0.25) is 10.0 Å². The van der Waals surface area contributed by atoms with Crippen molar-refractivity contribution in [2.75, 3.05) is 20.1 Å². The van der Waals surface area contributed by atoms with Crippen LogP contribution in [0.2, 0.25) is 0 Å². The molecule has 0 aliphatic carbocycles. The van der Waals surface area contributed by atoms with E-state index in [1.165, 1.54) is 16.4 Å². The molecule has 1 amide bonds. The summed E-state index contributed by atoms with van der Waals surface area (Å²) in [6.45, 7) is 4.93. The van der Waals surface area contributed by atoms with E-state index in [0.29, 0.717) is 18.7 Å². The third-order valence-electron chi connectivity index (χ3n) is 4.33. The summed E-state index contributed by atoms with van der Waals surface area (Å²) in [6, 6.07) is 6.20. The number of benzene rings is 1. The first-order valence-electron chi connectivity index (χ1n) is 7.86. The molecule has 0 spiro atoms. The van der Waals surface area contributed by atoms with Gasteiger partial charge in [0.1, 0.15) is 0 Å².